The molecular formula is C13H9Cl2IO. The third-order valence-corrected chi connectivity index (χ3v) is 3.38. The van der Waals surface area contributed by atoms with E-state index >= 15 is 0 Å². The maximum atomic E-state index is 5.91. The lowest BCUT2D eigenvalue weighted by atomic mass is 10.2. The lowest BCUT2D eigenvalue weighted by molar-refractivity contribution is 0.478. The van der Waals surface area contributed by atoms with Crippen LogP contribution < -0.4 is 4.74 Å². The molecule has 0 spiro atoms. The van der Waals surface area contributed by atoms with Gasteiger partial charge in [-0.25, -0.2) is 0 Å². The zero-order valence-corrected chi connectivity index (χ0v) is 12.5. The van der Waals surface area contributed by atoms with Crippen LogP contribution in [0.15, 0.2) is 42.5 Å². The number of benzene rings is 2. The molecule has 0 aromatic heterocycles. The van der Waals surface area contributed by atoms with Gasteiger partial charge in [0.1, 0.15) is 11.5 Å². The summed E-state index contributed by atoms with van der Waals surface area (Å²) in [5, 5.41) is 0.663. The summed E-state index contributed by atoms with van der Waals surface area (Å²) in [5.41, 5.74) is 0.887. The molecule has 0 radical (unpaired) electrons. The lowest BCUT2D eigenvalue weighted by Gasteiger charge is -2.10. The number of hydrogen-bond donors (Lipinski definition) is 0. The summed E-state index contributed by atoms with van der Waals surface area (Å²) >= 11 is 14.0. The van der Waals surface area contributed by atoms with Crippen molar-refractivity contribution in [3.63, 3.8) is 0 Å². The summed E-state index contributed by atoms with van der Waals surface area (Å²) in [6.07, 6.45) is 0. The first-order chi connectivity index (χ1) is 8.19. The average molecular weight is 379 g/mol. The number of rotatable bonds is 3. The fraction of sp³-hybridized carbons (Fsp3) is 0.0769. The SMILES string of the molecule is ClCc1cc(Cl)ccc1Oc1cccc(I)c1. The van der Waals surface area contributed by atoms with Crippen LogP contribution in [-0.2, 0) is 5.88 Å². The van der Waals surface area contributed by atoms with Crippen LogP contribution in [-0.4, -0.2) is 0 Å². The van der Waals surface area contributed by atoms with E-state index in [9.17, 15) is 0 Å². The number of ether oxygens (including phenoxy) is 1. The van der Waals surface area contributed by atoms with Gasteiger partial charge in [0.25, 0.3) is 0 Å². The van der Waals surface area contributed by atoms with E-state index in [1.54, 1.807) is 6.07 Å². The van der Waals surface area contributed by atoms with Gasteiger partial charge in [0.05, 0.1) is 5.88 Å². The molecule has 0 saturated heterocycles. The van der Waals surface area contributed by atoms with Crippen LogP contribution >= 0.6 is 45.8 Å². The van der Waals surface area contributed by atoms with Crippen molar-refractivity contribution in [3.05, 3.63) is 56.6 Å². The van der Waals surface area contributed by atoms with Gasteiger partial charge in [-0.3, -0.25) is 0 Å². The highest BCUT2D eigenvalue weighted by atomic mass is 127. The first-order valence-electron chi connectivity index (χ1n) is 4.97. The van der Waals surface area contributed by atoms with Crippen LogP contribution in [0.4, 0.5) is 0 Å². The fourth-order valence-electron chi connectivity index (χ4n) is 1.41. The van der Waals surface area contributed by atoms with Crippen LogP contribution in [0.3, 0.4) is 0 Å². The minimum absolute atomic E-state index is 0.375. The van der Waals surface area contributed by atoms with E-state index in [4.69, 9.17) is 27.9 Å². The third-order valence-electron chi connectivity index (χ3n) is 2.19. The molecule has 0 aliphatic heterocycles. The van der Waals surface area contributed by atoms with Crippen LogP contribution in [0.25, 0.3) is 0 Å². The normalized spacial score (nSPS) is 10.3. The van der Waals surface area contributed by atoms with Gasteiger partial charge in [-0.05, 0) is 59.0 Å². The van der Waals surface area contributed by atoms with E-state index in [2.05, 4.69) is 22.6 Å². The second kappa shape index (κ2) is 5.94. The highest BCUT2D eigenvalue weighted by Gasteiger charge is 2.05. The van der Waals surface area contributed by atoms with Gasteiger partial charge in [-0.1, -0.05) is 17.7 Å². The maximum Gasteiger partial charge on any atom is 0.131 e. The number of hydrogen-bond acceptors (Lipinski definition) is 1. The highest BCUT2D eigenvalue weighted by molar-refractivity contribution is 14.1. The molecule has 0 amide bonds. The van der Waals surface area contributed by atoms with Crippen molar-refractivity contribution in [2.75, 3.05) is 0 Å². The number of halogens is 3. The Morgan fingerprint density at radius 1 is 1.12 bits per heavy atom. The van der Waals surface area contributed by atoms with Gasteiger partial charge >= 0.3 is 0 Å². The van der Waals surface area contributed by atoms with Crippen molar-refractivity contribution < 1.29 is 4.74 Å². The summed E-state index contributed by atoms with van der Waals surface area (Å²) in [7, 11) is 0. The van der Waals surface area contributed by atoms with E-state index in [-0.39, 0.29) is 0 Å². The Hall–Kier alpha value is -0.450. The minimum atomic E-state index is 0.375. The molecule has 0 atom stereocenters. The van der Waals surface area contributed by atoms with E-state index in [0.29, 0.717) is 10.9 Å². The molecule has 2 aromatic carbocycles. The molecule has 0 unspecified atom stereocenters. The predicted octanol–water partition coefficient (Wildman–Crippen LogP) is 5.48. The molecule has 1 nitrogen and oxygen atoms in total. The third kappa shape index (κ3) is 3.50. The van der Waals surface area contributed by atoms with Crippen molar-refractivity contribution in [1.82, 2.24) is 0 Å². The standard InChI is InChI=1S/C13H9Cl2IO/c14-8-9-6-10(15)4-5-13(9)17-12-3-1-2-11(16)7-12/h1-7H,8H2. The van der Waals surface area contributed by atoms with Crippen LogP contribution in [0.2, 0.25) is 5.02 Å². The quantitative estimate of drug-likeness (QED) is 0.507. The molecule has 2 aromatic rings. The van der Waals surface area contributed by atoms with Gasteiger partial charge in [-0.15, -0.1) is 11.6 Å². The Labute approximate surface area is 124 Å². The fourth-order valence-corrected chi connectivity index (χ4v) is 2.33. The highest BCUT2D eigenvalue weighted by Crippen LogP contribution is 2.29. The minimum Gasteiger partial charge on any atom is -0.457 e. The van der Waals surface area contributed by atoms with Gasteiger partial charge in [0.2, 0.25) is 0 Å². The lowest BCUT2D eigenvalue weighted by Crippen LogP contribution is -1.89. The monoisotopic (exact) mass is 378 g/mol. The summed E-state index contributed by atoms with van der Waals surface area (Å²) in [5.74, 6) is 1.91. The van der Waals surface area contributed by atoms with Crippen LogP contribution in [0.5, 0.6) is 11.5 Å². The second-order valence-electron chi connectivity index (χ2n) is 3.45. The summed E-state index contributed by atoms with van der Waals surface area (Å²) < 4.78 is 6.91. The molecule has 0 saturated carbocycles. The second-order valence-corrected chi connectivity index (χ2v) is 5.39. The molecule has 2 rings (SSSR count). The van der Waals surface area contributed by atoms with Crippen molar-refractivity contribution in [2.45, 2.75) is 5.88 Å². The first-order valence-corrected chi connectivity index (χ1v) is 6.96. The van der Waals surface area contributed by atoms with Crippen LogP contribution in [0.1, 0.15) is 5.56 Å². The van der Waals surface area contributed by atoms with Crippen molar-refractivity contribution in [3.8, 4) is 11.5 Å². The molecule has 0 aliphatic carbocycles. The van der Waals surface area contributed by atoms with Gasteiger partial charge < -0.3 is 4.74 Å². The first kappa shape index (κ1) is 13.0. The molecule has 0 N–H and O–H groups in total. The Kier molecular flexibility index (Phi) is 4.54. The molecule has 17 heavy (non-hydrogen) atoms. The molecule has 88 valence electrons. The summed E-state index contributed by atoms with van der Waals surface area (Å²) in [4.78, 5) is 0. The smallest absolute Gasteiger partial charge is 0.131 e. The van der Waals surface area contributed by atoms with E-state index in [1.165, 1.54) is 0 Å². The van der Waals surface area contributed by atoms with E-state index in [1.807, 2.05) is 36.4 Å². The Balaban J connectivity index is 2.29. The van der Waals surface area contributed by atoms with Crippen molar-refractivity contribution >= 4 is 45.8 Å². The van der Waals surface area contributed by atoms with Crippen molar-refractivity contribution in [2.24, 2.45) is 0 Å². The summed E-state index contributed by atoms with van der Waals surface area (Å²) in [6, 6.07) is 13.3. The molecular weight excluding hydrogens is 370 g/mol. The largest absolute Gasteiger partial charge is 0.457 e. The molecule has 0 bridgehead atoms. The Morgan fingerprint density at radius 3 is 2.65 bits per heavy atom. The molecule has 0 fully saturated rings. The summed E-state index contributed by atoms with van der Waals surface area (Å²) in [6.45, 7) is 0. The van der Waals surface area contributed by atoms with Gasteiger partial charge in [-0.2, -0.15) is 0 Å². The molecule has 0 aliphatic rings. The maximum absolute atomic E-state index is 5.91. The Morgan fingerprint density at radius 2 is 1.94 bits per heavy atom. The molecule has 4 heteroatoms. The number of alkyl halides is 1. The van der Waals surface area contributed by atoms with Crippen molar-refractivity contribution in [1.29, 1.82) is 0 Å². The zero-order valence-electron chi connectivity index (χ0n) is 8.79. The van der Waals surface area contributed by atoms with Gasteiger partial charge in [0.15, 0.2) is 0 Å². The van der Waals surface area contributed by atoms with Crippen LogP contribution in [0, 0.1) is 3.57 Å². The average Bonchev–Trinajstić information content (AvgIpc) is 2.31. The van der Waals surface area contributed by atoms with E-state index < -0.39 is 0 Å². The zero-order chi connectivity index (χ0) is 12.3. The topological polar surface area (TPSA) is 9.23 Å². The van der Waals surface area contributed by atoms with Gasteiger partial charge in [0, 0.05) is 14.2 Å². The van der Waals surface area contributed by atoms with E-state index in [0.717, 1.165) is 20.6 Å². The molecule has 0 heterocycles. The Bertz CT molecular complexity index is 529. The predicted molar refractivity (Wildman–Crippen MR) is 80.2 cm³/mol.